The Morgan fingerprint density at radius 3 is 2.41 bits per heavy atom. The molecule has 0 aliphatic carbocycles. The number of nitro benzene ring substituents is 1. The Balaban J connectivity index is 2.42. The lowest BCUT2D eigenvalue weighted by Crippen LogP contribution is -2.48. The van der Waals surface area contributed by atoms with Crippen molar-refractivity contribution < 1.29 is 22.8 Å². The topological polar surface area (TPSA) is 99.0 Å². The van der Waals surface area contributed by atoms with E-state index in [1.807, 2.05) is 0 Å². The third-order valence-electron chi connectivity index (χ3n) is 3.36. The number of methoxy groups -OCH3 is 1. The molecular weight excluding hydrogens is 312 g/mol. The fraction of sp³-hybridized carbons (Fsp3) is 0.538. The average molecular weight is 330 g/mol. The maximum Gasteiger partial charge on any atom is 0.273 e. The van der Waals surface area contributed by atoms with Gasteiger partial charge in [-0.25, -0.2) is 8.42 Å². The van der Waals surface area contributed by atoms with Crippen molar-refractivity contribution in [3.63, 3.8) is 0 Å². The molecule has 1 heterocycles. The van der Waals surface area contributed by atoms with Crippen molar-refractivity contribution in [1.82, 2.24) is 4.31 Å². The molecule has 0 amide bonds. The quantitative estimate of drug-likeness (QED) is 0.611. The van der Waals surface area contributed by atoms with Gasteiger partial charge in [-0.3, -0.25) is 10.1 Å². The van der Waals surface area contributed by atoms with E-state index in [1.54, 1.807) is 13.8 Å². The third-order valence-corrected chi connectivity index (χ3v) is 5.23. The molecule has 0 N–H and O–H groups in total. The highest BCUT2D eigenvalue weighted by Gasteiger charge is 2.34. The van der Waals surface area contributed by atoms with E-state index >= 15 is 0 Å². The number of hydrogen-bond donors (Lipinski definition) is 0. The fourth-order valence-corrected chi connectivity index (χ4v) is 4.18. The third kappa shape index (κ3) is 3.21. The summed E-state index contributed by atoms with van der Waals surface area (Å²) in [5.41, 5.74) is -0.223. The number of nitro groups is 1. The Morgan fingerprint density at radius 2 is 1.91 bits per heavy atom. The van der Waals surface area contributed by atoms with E-state index in [9.17, 15) is 18.5 Å². The molecule has 9 heteroatoms. The van der Waals surface area contributed by atoms with Gasteiger partial charge >= 0.3 is 0 Å². The van der Waals surface area contributed by atoms with Crippen LogP contribution in [0.2, 0.25) is 0 Å². The zero-order valence-corrected chi connectivity index (χ0v) is 13.4. The average Bonchev–Trinajstić information content (AvgIpc) is 2.45. The van der Waals surface area contributed by atoms with Crippen LogP contribution in [0.25, 0.3) is 0 Å². The van der Waals surface area contributed by atoms with Gasteiger partial charge in [0.05, 0.1) is 30.3 Å². The summed E-state index contributed by atoms with van der Waals surface area (Å²) in [5, 5.41) is 10.8. The molecular formula is C13H18N2O6S. The van der Waals surface area contributed by atoms with Gasteiger partial charge in [0.2, 0.25) is 10.0 Å². The summed E-state index contributed by atoms with van der Waals surface area (Å²) in [4.78, 5) is 10.1. The molecule has 1 aliphatic rings. The van der Waals surface area contributed by atoms with Crippen LogP contribution in [0.3, 0.4) is 0 Å². The Bertz CT molecular complexity index is 665. The lowest BCUT2D eigenvalue weighted by molar-refractivity contribution is -0.385. The van der Waals surface area contributed by atoms with Gasteiger partial charge in [0.25, 0.3) is 5.69 Å². The maximum atomic E-state index is 12.8. The van der Waals surface area contributed by atoms with E-state index in [-0.39, 0.29) is 41.6 Å². The van der Waals surface area contributed by atoms with Crippen LogP contribution in [0, 0.1) is 10.1 Å². The lowest BCUT2D eigenvalue weighted by Gasteiger charge is -2.34. The van der Waals surface area contributed by atoms with E-state index < -0.39 is 14.9 Å². The Morgan fingerprint density at radius 1 is 1.32 bits per heavy atom. The second kappa shape index (κ2) is 6.19. The van der Waals surface area contributed by atoms with Crippen LogP contribution in [-0.4, -0.2) is 50.1 Å². The summed E-state index contributed by atoms with van der Waals surface area (Å²) in [6, 6.07) is 3.47. The number of rotatable bonds is 4. The minimum atomic E-state index is -3.81. The predicted molar refractivity (Wildman–Crippen MR) is 78.4 cm³/mol. The minimum absolute atomic E-state index is 0.0407. The predicted octanol–water partition coefficient (Wildman–Crippen LogP) is 1.40. The molecule has 122 valence electrons. The molecule has 0 saturated carbocycles. The number of non-ortho nitro benzene ring substituents is 1. The zero-order valence-electron chi connectivity index (χ0n) is 12.6. The second-order valence-corrected chi connectivity index (χ2v) is 7.08. The van der Waals surface area contributed by atoms with Crippen molar-refractivity contribution in [1.29, 1.82) is 0 Å². The van der Waals surface area contributed by atoms with Crippen LogP contribution >= 0.6 is 0 Å². The number of ether oxygens (including phenoxy) is 2. The highest BCUT2D eigenvalue weighted by molar-refractivity contribution is 7.89. The van der Waals surface area contributed by atoms with Crippen molar-refractivity contribution in [2.24, 2.45) is 0 Å². The molecule has 2 atom stereocenters. The minimum Gasteiger partial charge on any atom is -0.495 e. The molecule has 1 aromatic rings. The van der Waals surface area contributed by atoms with Crippen molar-refractivity contribution in [2.45, 2.75) is 31.0 Å². The van der Waals surface area contributed by atoms with E-state index in [0.717, 1.165) is 12.1 Å². The molecule has 2 unspecified atom stereocenters. The summed E-state index contributed by atoms with van der Waals surface area (Å²) < 4.78 is 37.4. The van der Waals surface area contributed by atoms with Gasteiger partial charge in [0, 0.05) is 19.2 Å². The van der Waals surface area contributed by atoms with Crippen LogP contribution < -0.4 is 4.74 Å². The van der Waals surface area contributed by atoms with Gasteiger partial charge in [0.1, 0.15) is 10.6 Å². The van der Waals surface area contributed by atoms with Crippen LogP contribution in [-0.2, 0) is 14.8 Å². The van der Waals surface area contributed by atoms with Gasteiger partial charge in [-0.05, 0) is 19.9 Å². The summed E-state index contributed by atoms with van der Waals surface area (Å²) >= 11 is 0. The first-order valence-electron chi connectivity index (χ1n) is 6.73. The molecule has 1 saturated heterocycles. The van der Waals surface area contributed by atoms with Gasteiger partial charge in [0.15, 0.2) is 0 Å². The number of hydrogen-bond acceptors (Lipinski definition) is 6. The monoisotopic (exact) mass is 330 g/mol. The molecule has 1 aliphatic heterocycles. The molecule has 0 spiro atoms. The summed E-state index contributed by atoms with van der Waals surface area (Å²) in [7, 11) is -2.53. The highest BCUT2D eigenvalue weighted by Crippen LogP contribution is 2.31. The molecule has 1 fully saturated rings. The van der Waals surface area contributed by atoms with E-state index in [4.69, 9.17) is 9.47 Å². The first kappa shape index (κ1) is 16.7. The molecule has 22 heavy (non-hydrogen) atoms. The Labute approximate surface area is 128 Å². The summed E-state index contributed by atoms with van der Waals surface area (Å²) in [5.74, 6) is -0.0407. The first-order chi connectivity index (χ1) is 10.3. The lowest BCUT2D eigenvalue weighted by atomic mass is 10.3. The molecule has 1 aromatic carbocycles. The summed E-state index contributed by atoms with van der Waals surface area (Å²) in [6.07, 6.45) is -0.440. The largest absolute Gasteiger partial charge is 0.495 e. The van der Waals surface area contributed by atoms with Crippen molar-refractivity contribution in [2.75, 3.05) is 20.2 Å². The molecule has 2 rings (SSSR count). The van der Waals surface area contributed by atoms with Crippen molar-refractivity contribution >= 4 is 15.7 Å². The normalized spacial score (nSPS) is 23.2. The first-order valence-corrected chi connectivity index (χ1v) is 8.17. The van der Waals surface area contributed by atoms with Crippen molar-refractivity contribution in [3.8, 4) is 5.75 Å². The molecule has 8 nitrogen and oxygen atoms in total. The maximum absolute atomic E-state index is 12.8. The van der Waals surface area contributed by atoms with Gasteiger partial charge in [-0.15, -0.1) is 0 Å². The second-order valence-electron chi connectivity index (χ2n) is 5.17. The Kier molecular flexibility index (Phi) is 4.69. The molecule has 0 aromatic heterocycles. The smallest absolute Gasteiger partial charge is 0.273 e. The SMILES string of the molecule is COc1cc([N+](=O)[O-])ccc1S(=O)(=O)N1CC(C)OC(C)C1. The van der Waals surface area contributed by atoms with Crippen LogP contribution in [0.1, 0.15) is 13.8 Å². The van der Waals surface area contributed by atoms with Gasteiger partial charge < -0.3 is 9.47 Å². The number of sulfonamides is 1. The number of benzene rings is 1. The fourth-order valence-electron chi connectivity index (χ4n) is 2.45. The number of morpholine rings is 1. The van der Waals surface area contributed by atoms with Crippen molar-refractivity contribution in [3.05, 3.63) is 28.3 Å². The van der Waals surface area contributed by atoms with Gasteiger partial charge in [-0.1, -0.05) is 0 Å². The van der Waals surface area contributed by atoms with E-state index in [2.05, 4.69) is 0 Å². The number of nitrogens with zero attached hydrogens (tertiary/aromatic N) is 2. The van der Waals surface area contributed by atoms with E-state index in [0.29, 0.717) is 0 Å². The van der Waals surface area contributed by atoms with E-state index in [1.165, 1.54) is 17.5 Å². The van der Waals surface area contributed by atoms with Crippen LogP contribution in [0.5, 0.6) is 5.75 Å². The van der Waals surface area contributed by atoms with Crippen LogP contribution in [0.15, 0.2) is 23.1 Å². The Hall–Kier alpha value is -1.71. The molecule has 0 radical (unpaired) electrons. The highest BCUT2D eigenvalue weighted by atomic mass is 32.2. The summed E-state index contributed by atoms with van der Waals surface area (Å²) in [6.45, 7) is 4.05. The molecule has 0 bridgehead atoms. The standard InChI is InChI=1S/C13H18N2O6S/c1-9-7-14(8-10(2)21-9)22(18,19)13-5-4-11(15(16)17)6-12(13)20-3/h4-6,9-10H,7-8H2,1-3H3. The van der Waals surface area contributed by atoms with Gasteiger partial charge in [-0.2, -0.15) is 4.31 Å². The van der Waals surface area contributed by atoms with Crippen LogP contribution in [0.4, 0.5) is 5.69 Å². The zero-order chi connectivity index (χ0) is 16.5.